The summed E-state index contributed by atoms with van der Waals surface area (Å²) in [5, 5.41) is 0. The number of benzene rings is 2. The fourth-order valence-corrected chi connectivity index (χ4v) is 1.99. The second kappa shape index (κ2) is 7.88. The van der Waals surface area contributed by atoms with Crippen LogP contribution in [0.25, 0.3) is 5.70 Å². The molecule has 0 aliphatic heterocycles. The summed E-state index contributed by atoms with van der Waals surface area (Å²) in [7, 11) is 0. The van der Waals surface area contributed by atoms with Crippen LogP contribution in [0.15, 0.2) is 54.6 Å². The molecule has 0 spiro atoms. The van der Waals surface area contributed by atoms with E-state index in [0.29, 0.717) is 18.1 Å². The van der Waals surface area contributed by atoms with E-state index in [1.54, 1.807) is 12.1 Å². The summed E-state index contributed by atoms with van der Waals surface area (Å²) in [6.07, 6.45) is -2.47. The molecule has 0 bridgehead atoms. The molecule has 2 aromatic carbocycles. The van der Waals surface area contributed by atoms with Crippen LogP contribution < -0.4 is 10.2 Å². The van der Waals surface area contributed by atoms with Gasteiger partial charge >= 0.3 is 6.18 Å². The monoisotopic (exact) mass is 337 g/mol. The molecule has 0 aliphatic carbocycles. The molecule has 24 heavy (non-hydrogen) atoms. The van der Waals surface area contributed by atoms with E-state index in [9.17, 15) is 13.2 Å². The molecule has 128 valence electrons. The minimum atomic E-state index is -4.35. The molecule has 0 radical (unpaired) electrons. The van der Waals surface area contributed by atoms with E-state index in [1.807, 2.05) is 32.1 Å². The number of halogens is 3. The Morgan fingerprint density at radius 3 is 2.00 bits per heavy atom. The third-order valence-electron chi connectivity index (χ3n) is 3.20. The number of hydrogen-bond acceptors (Lipinski definition) is 3. The van der Waals surface area contributed by atoms with Crippen LogP contribution in [0, 0.1) is 0 Å². The zero-order valence-electron chi connectivity index (χ0n) is 13.4. The van der Waals surface area contributed by atoms with E-state index in [1.165, 1.54) is 12.1 Å². The summed E-state index contributed by atoms with van der Waals surface area (Å²) in [6, 6.07) is 11.7. The second-order valence-electron chi connectivity index (χ2n) is 4.89. The van der Waals surface area contributed by atoms with Crippen molar-refractivity contribution in [3.05, 3.63) is 65.7 Å². The van der Waals surface area contributed by atoms with E-state index < -0.39 is 11.7 Å². The number of nitrogens with one attached hydrogen (secondary N) is 1. The molecule has 0 aromatic heterocycles. The van der Waals surface area contributed by atoms with Gasteiger partial charge in [0.1, 0.15) is 11.5 Å². The molecule has 0 saturated carbocycles. The van der Waals surface area contributed by atoms with Gasteiger partial charge < -0.3 is 4.74 Å². The molecular formula is C18H18F3NO2. The molecule has 2 rings (SSSR count). The lowest BCUT2D eigenvalue weighted by molar-refractivity contribution is -0.137. The van der Waals surface area contributed by atoms with Crippen molar-refractivity contribution in [3.8, 4) is 11.5 Å². The Balaban J connectivity index is 2.06. The van der Waals surface area contributed by atoms with Crippen molar-refractivity contribution in [2.24, 2.45) is 0 Å². The first-order chi connectivity index (χ1) is 11.4. The predicted octanol–water partition coefficient (Wildman–Crippen LogP) is 5.40. The van der Waals surface area contributed by atoms with Crippen molar-refractivity contribution in [3.63, 3.8) is 0 Å². The minimum absolute atomic E-state index is 0.342. The molecule has 0 aliphatic rings. The van der Waals surface area contributed by atoms with E-state index in [4.69, 9.17) is 9.57 Å². The molecule has 0 heterocycles. The molecule has 0 unspecified atom stereocenters. The molecule has 0 amide bonds. The highest BCUT2D eigenvalue weighted by Crippen LogP contribution is 2.31. The lowest BCUT2D eigenvalue weighted by Gasteiger charge is -2.11. The Kier molecular flexibility index (Phi) is 5.87. The van der Waals surface area contributed by atoms with Gasteiger partial charge in [-0.05, 0) is 67.9 Å². The van der Waals surface area contributed by atoms with Gasteiger partial charge in [0.2, 0.25) is 0 Å². The standard InChI is InChI=1S/C18H18F3NO2/c1-3-17(22-23-4-2)13-5-9-15(10-6-13)24-16-11-7-14(8-12-16)18(19,20)21/h3,5-12,22H,4H2,1-2H3. The molecule has 0 atom stereocenters. The van der Waals surface area contributed by atoms with Crippen molar-refractivity contribution >= 4 is 5.70 Å². The van der Waals surface area contributed by atoms with Crippen molar-refractivity contribution in [2.45, 2.75) is 20.0 Å². The summed E-state index contributed by atoms with van der Waals surface area (Å²) in [6.45, 7) is 4.29. The Bertz CT molecular complexity index is 677. The van der Waals surface area contributed by atoms with Gasteiger partial charge in [-0.3, -0.25) is 10.3 Å². The van der Waals surface area contributed by atoms with Gasteiger partial charge in [0.05, 0.1) is 17.9 Å². The maximum Gasteiger partial charge on any atom is 0.416 e. The molecule has 2 aromatic rings. The second-order valence-corrected chi connectivity index (χ2v) is 4.89. The Labute approximate surface area is 138 Å². The van der Waals surface area contributed by atoms with Crippen LogP contribution in [0.1, 0.15) is 25.0 Å². The van der Waals surface area contributed by atoms with Crippen LogP contribution in [0.3, 0.4) is 0 Å². The molecular weight excluding hydrogens is 319 g/mol. The highest BCUT2D eigenvalue weighted by Gasteiger charge is 2.30. The average molecular weight is 337 g/mol. The van der Waals surface area contributed by atoms with Crippen LogP contribution in [-0.4, -0.2) is 6.61 Å². The van der Waals surface area contributed by atoms with E-state index in [2.05, 4.69) is 5.48 Å². The van der Waals surface area contributed by atoms with Crippen LogP contribution in [0.2, 0.25) is 0 Å². The predicted molar refractivity (Wildman–Crippen MR) is 86.4 cm³/mol. The summed E-state index contributed by atoms with van der Waals surface area (Å²) >= 11 is 0. The number of hydrogen-bond donors (Lipinski definition) is 1. The van der Waals surface area contributed by atoms with Gasteiger partial charge in [-0.1, -0.05) is 6.08 Å². The van der Waals surface area contributed by atoms with Crippen molar-refractivity contribution < 1.29 is 22.7 Å². The maximum absolute atomic E-state index is 12.5. The molecule has 0 fully saturated rings. The lowest BCUT2D eigenvalue weighted by atomic mass is 10.1. The molecule has 0 saturated heterocycles. The molecule has 1 N–H and O–H groups in total. The summed E-state index contributed by atoms with van der Waals surface area (Å²) < 4.78 is 43.1. The van der Waals surface area contributed by atoms with E-state index in [0.717, 1.165) is 23.4 Å². The number of ether oxygens (including phenoxy) is 1. The molecule has 6 heteroatoms. The number of hydroxylamine groups is 1. The summed E-state index contributed by atoms with van der Waals surface area (Å²) in [5.74, 6) is 0.875. The fraction of sp³-hybridized carbons (Fsp3) is 0.222. The first kappa shape index (κ1) is 17.9. The van der Waals surface area contributed by atoms with E-state index >= 15 is 0 Å². The fourth-order valence-electron chi connectivity index (χ4n) is 1.99. The first-order valence-electron chi connectivity index (χ1n) is 7.43. The zero-order valence-corrected chi connectivity index (χ0v) is 13.4. The third kappa shape index (κ3) is 4.76. The Morgan fingerprint density at radius 2 is 1.54 bits per heavy atom. The average Bonchev–Trinajstić information content (AvgIpc) is 2.56. The topological polar surface area (TPSA) is 30.5 Å². The van der Waals surface area contributed by atoms with E-state index in [-0.39, 0.29) is 0 Å². The van der Waals surface area contributed by atoms with Gasteiger partial charge in [-0.15, -0.1) is 0 Å². The van der Waals surface area contributed by atoms with Gasteiger partial charge in [-0.2, -0.15) is 13.2 Å². The Hall–Kier alpha value is -2.47. The van der Waals surface area contributed by atoms with Crippen LogP contribution in [0.4, 0.5) is 13.2 Å². The lowest BCUT2D eigenvalue weighted by Crippen LogP contribution is -2.12. The van der Waals surface area contributed by atoms with Crippen LogP contribution in [0.5, 0.6) is 11.5 Å². The number of rotatable bonds is 6. The third-order valence-corrected chi connectivity index (χ3v) is 3.20. The summed E-state index contributed by atoms with van der Waals surface area (Å²) in [4.78, 5) is 5.16. The first-order valence-corrected chi connectivity index (χ1v) is 7.43. The smallest absolute Gasteiger partial charge is 0.416 e. The van der Waals surface area contributed by atoms with Crippen molar-refractivity contribution in [1.82, 2.24) is 5.48 Å². The summed E-state index contributed by atoms with van der Waals surface area (Å²) in [5.41, 5.74) is 3.86. The van der Waals surface area contributed by atoms with Crippen LogP contribution in [-0.2, 0) is 11.0 Å². The van der Waals surface area contributed by atoms with Gasteiger partial charge in [0, 0.05) is 0 Å². The number of allylic oxidation sites excluding steroid dienone is 1. The highest BCUT2D eigenvalue weighted by molar-refractivity contribution is 5.63. The Morgan fingerprint density at radius 1 is 1.00 bits per heavy atom. The maximum atomic E-state index is 12.5. The number of alkyl halides is 3. The highest BCUT2D eigenvalue weighted by atomic mass is 19.4. The molecule has 3 nitrogen and oxygen atoms in total. The van der Waals surface area contributed by atoms with Gasteiger partial charge in [-0.25, -0.2) is 0 Å². The van der Waals surface area contributed by atoms with Crippen molar-refractivity contribution in [1.29, 1.82) is 0 Å². The van der Waals surface area contributed by atoms with Crippen molar-refractivity contribution in [2.75, 3.05) is 6.61 Å². The minimum Gasteiger partial charge on any atom is -0.457 e. The van der Waals surface area contributed by atoms with Crippen LogP contribution >= 0.6 is 0 Å². The normalized spacial score (nSPS) is 12.1. The van der Waals surface area contributed by atoms with Gasteiger partial charge in [0.25, 0.3) is 0 Å². The zero-order chi connectivity index (χ0) is 17.6. The SMILES string of the molecule is CC=C(NOCC)c1ccc(Oc2ccc(C(F)(F)F)cc2)cc1. The quantitative estimate of drug-likeness (QED) is 0.716. The van der Waals surface area contributed by atoms with Gasteiger partial charge in [0.15, 0.2) is 0 Å². The largest absolute Gasteiger partial charge is 0.457 e.